The van der Waals surface area contributed by atoms with Crippen LogP contribution in [0.4, 0.5) is 0 Å². The number of thiocyanates is 1. The molecule has 0 radical (unpaired) electrons. The maximum Gasteiger partial charge on any atom is 0.251 e. The second-order valence-corrected chi connectivity index (χ2v) is 11.5. The molecule has 0 saturated carbocycles. The molecule has 1 aromatic carbocycles. The van der Waals surface area contributed by atoms with Crippen LogP contribution in [0.1, 0.15) is 49.5 Å². The monoisotopic (exact) mass is 634 g/mol. The maximum atomic E-state index is 12.6. The minimum Gasteiger partial charge on any atom is -0.379 e. The van der Waals surface area contributed by atoms with Crippen molar-refractivity contribution in [1.29, 1.82) is 5.26 Å². The van der Waals surface area contributed by atoms with E-state index in [0.29, 0.717) is 64.6 Å². The number of rotatable bonds is 25. The zero-order valence-electron chi connectivity index (χ0n) is 26.7. The molecule has 1 unspecified atom stereocenters. The molecule has 0 bridgehead atoms. The van der Waals surface area contributed by atoms with Crippen LogP contribution in [0.15, 0.2) is 24.3 Å². The van der Waals surface area contributed by atoms with Crippen molar-refractivity contribution in [3.8, 4) is 17.2 Å². The SMILES string of the molecule is CNCCCOCCOCCOCCNC(=O)c1cccc(CCC(C)(OCCOCC(=O)NCC#CC(C)C)SC#N)c1. The molecule has 0 fully saturated rings. The third kappa shape index (κ3) is 21.1. The minimum atomic E-state index is -0.772. The summed E-state index contributed by atoms with van der Waals surface area (Å²) in [5.74, 6) is 5.69. The molecule has 246 valence electrons. The molecule has 0 aromatic heterocycles. The molecule has 12 heteroatoms. The average Bonchev–Trinajstić information content (AvgIpc) is 3.00. The summed E-state index contributed by atoms with van der Waals surface area (Å²) < 4.78 is 27.8. The number of carbonyl (C=O) groups is 2. The Morgan fingerprint density at radius 1 is 0.955 bits per heavy atom. The van der Waals surface area contributed by atoms with E-state index in [1.54, 1.807) is 6.07 Å². The van der Waals surface area contributed by atoms with Gasteiger partial charge in [0.05, 0.1) is 52.8 Å². The highest BCUT2D eigenvalue weighted by Crippen LogP contribution is 2.31. The fraction of sp³-hybridized carbons (Fsp3) is 0.656. The van der Waals surface area contributed by atoms with Crippen LogP contribution in [0.3, 0.4) is 0 Å². The van der Waals surface area contributed by atoms with Gasteiger partial charge in [0.15, 0.2) is 0 Å². The summed E-state index contributed by atoms with van der Waals surface area (Å²) in [5, 5.41) is 20.0. The van der Waals surface area contributed by atoms with Gasteiger partial charge in [-0.3, -0.25) is 9.59 Å². The van der Waals surface area contributed by atoms with E-state index < -0.39 is 4.93 Å². The number of ether oxygens (including phenoxy) is 5. The van der Waals surface area contributed by atoms with Crippen molar-refractivity contribution in [2.75, 3.05) is 86.1 Å². The van der Waals surface area contributed by atoms with Crippen molar-refractivity contribution >= 4 is 23.6 Å². The third-order valence-electron chi connectivity index (χ3n) is 5.94. The molecule has 1 atom stereocenters. The lowest BCUT2D eigenvalue weighted by Crippen LogP contribution is -2.30. The highest BCUT2D eigenvalue weighted by atomic mass is 32.2. The predicted octanol–water partition coefficient (Wildman–Crippen LogP) is 2.75. The zero-order chi connectivity index (χ0) is 32.3. The molecule has 2 amide bonds. The summed E-state index contributed by atoms with van der Waals surface area (Å²) in [6.45, 7) is 10.9. The van der Waals surface area contributed by atoms with Gasteiger partial charge in [0.25, 0.3) is 5.91 Å². The Bertz CT molecular complexity index is 1040. The summed E-state index contributed by atoms with van der Waals surface area (Å²) in [5.41, 5.74) is 1.51. The van der Waals surface area contributed by atoms with Gasteiger partial charge in [-0.15, -0.1) is 0 Å². The van der Waals surface area contributed by atoms with Gasteiger partial charge < -0.3 is 39.6 Å². The fourth-order valence-electron chi connectivity index (χ4n) is 3.65. The standard InChI is InChI=1S/C32H50N4O7S/c1-27(2)8-6-14-35-30(37)25-42-22-23-43-32(3,44-26-33)12-11-28-9-5-10-29(24-28)31(38)36-15-17-40-19-21-41-20-18-39-16-7-13-34-4/h5,9-10,24,27,34H,7,11-23,25H2,1-4H3,(H,35,37)(H,36,38). The Hall–Kier alpha value is -2.68. The van der Waals surface area contributed by atoms with E-state index in [2.05, 4.69) is 33.2 Å². The lowest BCUT2D eigenvalue weighted by molar-refractivity contribution is -0.126. The molecule has 1 aromatic rings. The van der Waals surface area contributed by atoms with E-state index >= 15 is 0 Å². The first kappa shape index (κ1) is 39.3. The van der Waals surface area contributed by atoms with Crippen LogP contribution in [-0.2, 0) is 34.9 Å². The lowest BCUT2D eigenvalue weighted by atomic mass is 10.0. The first-order valence-electron chi connectivity index (χ1n) is 15.1. The molecule has 0 aliphatic carbocycles. The van der Waals surface area contributed by atoms with Crippen LogP contribution in [0, 0.1) is 28.4 Å². The van der Waals surface area contributed by atoms with Gasteiger partial charge in [-0.05, 0) is 69.2 Å². The van der Waals surface area contributed by atoms with E-state index in [1.807, 2.05) is 46.0 Å². The molecule has 0 saturated heterocycles. The van der Waals surface area contributed by atoms with Crippen LogP contribution in [0.5, 0.6) is 0 Å². The van der Waals surface area contributed by atoms with Crippen LogP contribution in [0.2, 0.25) is 0 Å². The largest absolute Gasteiger partial charge is 0.379 e. The van der Waals surface area contributed by atoms with E-state index in [1.165, 1.54) is 0 Å². The number of carbonyl (C=O) groups excluding carboxylic acids is 2. The van der Waals surface area contributed by atoms with Crippen molar-refractivity contribution in [3.05, 3.63) is 35.4 Å². The number of aryl methyl sites for hydroxylation is 1. The van der Waals surface area contributed by atoms with E-state index in [4.69, 9.17) is 23.7 Å². The normalized spacial score (nSPS) is 12.2. The van der Waals surface area contributed by atoms with Crippen LogP contribution in [-0.4, -0.2) is 103 Å². The predicted molar refractivity (Wildman–Crippen MR) is 172 cm³/mol. The number of thioether (sulfide) groups is 1. The molecule has 0 spiro atoms. The molecular weight excluding hydrogens is 584 g/mol. The molecule has 0 aliphatic rings. The van der Waals surface area contributed by atoms with Crippen molar-refractivity contribution < 1.29 is 33.3 Å². The number of nitrogens with one attached hydrogen (secondary N) is 3. The number of nitrogens with zero attached hydrogens (tertiary/aromatic N) is 1. The molecule has 0 aliphatic heterocycles. The van der Waals surface area contributed by atoms with Crippen molar-refractivity contribution in [1.82, 2.24) is 16.0 Å². The Morgan fingerprint density at radius 2 is 1.66 bits per heavy atom. The Balaban J connectivity index is 2.28. The molecule has 44 heavy (non-hydrogen) atoms. The summed E-state index contributed by atoms with van der Waals surface area (Å²) in [6.07, 6.45) is 2.13. The first-order chi connectivity index (χ1) is 21.3. The quantitative estimate of drug-likeness (QED) is 0.0637. The average molecular weight is 635 g/mol. The van der Waals surface area contributed by atoms with Crippen molar-refractivity contribution in [2.24, 2.45) is 5.92 Å². The topological polar surface area (TPSA) is 140 Å². The van der Waals surface area contributed by atoms with Gasteiger partial charge in [-0.2, -0.15) is 5.26 Å². The van der Waals surface area contributed by atoms with Crippen molar-refractivity contribution in [2.45, 2.75) is 45.0 Å². The smallest absolute Gasteiger partial charge is 0.251 e. The van der Waals surface area contributed by atoms with E-state index in [0.717, 1.165) is 30.3 Å². The summed E-state index contributed by atoms with van der Waals surface area (Å²) >= 11 is 1.04. The highest BCUT2D eigenvalue weighted by Gasteiger charge is 2.26. The van der Waals surface area contributed by atoms with Crippen LogP contribution < -0.4 is 16.0 Å². The van der Waals surface area contributed by atoms with Crippen LogP contribution in [0.25, 0.3) is 0 Å². The zero-order valence-corrected chi connectivity index (χ0v) is 27.5. The third-order valence-corrected chi connectivity index (χ3v) is 6.79. The molecule has 1 rings (SSSR count). The second-order valence-electron chi connectivity index (χ2n) is 10.2. The fourth-order valence-corrected chi connectivity index (χ4v) is 4.19. The molecule has 3 N–H and O–H groups in total. The van der Waals surface area contributed by atoms with Gasteiger partial charge >= 0.3 is 0 Å². The van der Waals surface area contributed by atoms with Gasteiger partial charge in [-0.25, -0.2) is 0 Å². The van der Waals surface area contributed by atoms with E-state index in [-0.39, 0.29) is 44.1 Å². The molecule has 0 heterocycles. The number of benzene rings is 1. The first-order valence-corrected chi connectivity index (χ1v) is 15.9. The Kier molecular flexibility index (Phi) is 22.9. The Labute approximate surface area is 267 Å². The maximum absolute atomic E-state index is 12.6. The summed E-state index contributed by atoms with van der Waals surface area (Å²) in [6, 6.07) is 7.39. The van der Waals surface area contributed by atoms with Gasteiger partial charge in [0.1, 0.15) is 16.9 Å². The lowest BCUT2D eigenvalue weighted by Gasteiger charge is -2.26. The Morgan fingerprint density at radius 3 is 2.36 bits per heavy atom. The number of hydrogen-bond donors (Lipinski definition) is 3. The van der Waals surface area contributed by atoms with Gasteiger partial charge in [-0.1, -0.05) is 37.8 Å². The second kappa shape index (κ2) is 25.6. The number of amides is 2. The molecule has 11 nitrogen and oxygen atoms in total. The summed E-state index contributed by atoms with van der Waals surface area (Å²) in [7, 11) is 1.92. The minimum absolute atomic E-state index is 0.0854. The van der Waals surface area contributed by atoms with Crippen LogP contribution >= 0.6 is 11.8 Å². The number of hydrogen-bond acceptors (Lipinski definition) is 10. The van der Waals surface area contributed by atoms with Gasteiger partial charge in [0.2, 0.25) is 5.91 Å². The van der Waals surface area contributed by atoms with E-state index in [9.17, 15) is 14.9 Å². The number of nitriles is 1. The highest BCUT2D eigenvalue weighted by molar-refractivity contribution is 8.04. The summed E-state index contributed by atoms with van der Waals surface area (Å²) in [4.78, 5) is 23.7. The van der Waals surface area contributed by atoms with Crippen molar-refractivity contribution in [3.63, 3.8) is 0 Å². The molecular formula is C32H50N4O7S. The van der Waals surface area contributed by atoms with Gasteiger partial charge in [0, 0.05) is 24.6 Å².